The molecule has 4 heteroatoms. The Hall–Kier alpha value is -1.97. The van der Waals surface area contributed by atoms with Crippen molar-refractivity contribution in [2.75, 3.05) is 7.11 Å². The highest BCUT2D eigenvalue weighted by atomic mass is 19.4. The van der Waals surface area contributed by atoms with Gasteiger partial charge in [0, 0.05) is 11.1 Å². The Balaban J connectivity index is 2.79. The van der Waals surface area contributed by atoms with Crippen LogP contribution in [0, 0.1) is 6.07 Å². The third kappa shape index (κ3) is 2.64. The lowest BCUT2D eigenvalue weighted by atomic mass is 9.92. The lowest BCUT2D eigenvalue weighted by Gasteiger charge is -2.18. The predicted molar refractivity (Wildman–Crippen MR) is 71.6 cm³/mol. The van der Waals surface area contributed by atoms with Crippen molar-refractivity contribution >= 4 is 0 Å². The van der Waals surface area contributed by atoms with Crippen molar-refractivity contribution in [1.82, 2.24) is 0 Å². The summed E-state index contributed by atoms with van der Waals surface area (Å²) in [4.78, 5) is 0. The van der Waals surface area contributed by atoms with Gasteiger partial charge in [-0.3, -0.25) is 0 Å². The molecule has 0 aliphatic carbocycles. The first-order chi connectivity index (χ1) is 9.49. The fourth-order valence-corrected chi connectivity index (χ4v) is 2.25. The quantitative estimate of drug-likeness (QED) is 0.788. The summed E-state index contributed by atoms with van der Waals surface area (Å²) in [6.07, 6.45) is -3.99. The van der Waals surface area contributed by atoms with E-state index in [2.05, 4.69) is 6.07 Å². The second kappa shape index (κ2) is 5.57. The number of hydrogen-bond donors (Lipinski definition) is 0. The SMILES string of the molecule is CCc1c(OC)c[c]c(C(F)(F)F)c1-c1ccccc1. The van der Waals surface area contributed by atoms with Crippen LogP contribution in [-0.2, 0) is 12.6 Å². The summed E-state index contributed by atoms with van der Waals surface area (Å²) in [7, 11) is 1.45. The summed E-state index contributed by atoms with van der Waals surface area (Å²) in [5.74, 6) is 0.430. The van der Waals surface area contributed by atoms with Crippen molar-refractivity contribution in [2.45, 2.75) is 19.5 Å². The number of alkyl halides is 3. The molecule has 0 bridgehead atoms. The van der Waals surface area contributed by atoms with Gasteiger partial charge in [-0.05, 0) is 24.1 Å². The van der Waals surface area contributed by atoms with E-state index in [1.807, 2.05) is 6.92 Å². The fourth-order valence-electron chi connectivity index (χ4n) is 2.25. The molecule has 2 aromatic carbocycles. The number of halogens is 3. The molecule has 0 fully saturated rings. The van der Waals surface area contributed by atoms with Gasteiger partial charge in [-0.15, -0.1) is 0 Å². The van der Waals surface area contributed by atoms with Crippen molar-refractivity contribution in [2.24, 2.45) is 0 Å². The van der Waals surface area contributed by atoms with Gasteiger partial charge in [0.05, 0.1) is 12.7 Å². The van der Waals surface area contributed by atoms with Gasteiger partial charge in [-0.2, -0.15) is 13.2 Å². The van der Waals surface area contributed by atoms with Crippen molar-refractivity contribution in [3.8, 4) is 16.9 Å². The van der Waals surface area contributed by atoms with Crippen molar-refractivity contribution in [3.05, 3.63) is 53.6 Å². The molecular formula is C16H14F3O. The number of ether oxygens (including phenoxy) is 1. The molecule has 0 spiro atoms. The third-order valence-electron chi connectivity index (χ3n) is 3.12. The van der Waals surface area contributed by atoms with Gasteiger partial charge < -0.3 is 4.74 Å². The highest BCUT2D eigenvalue weighted by Crippen LogP contribution is 2.41. The highest BCUT2D eigenvalue weighted by Gasteiger charge is 2.35. The minimum atomic E-state index is -4.44. The van der Waals surface area contributed by atoms with Crippen LogP contribution in [0.4, 0.5) is 13.2 Å². The normalized spacial score (nSPS) is 11.4. The van der Waals surface area contributed by atoms with Crippen LogP contribution in [0.5, 0.6) is 5.75 Å². The molecule has 2 aromatic rings. The van der Waals surface area contributed by atoms with Gasteiger partial charge >= 0.3 is 6.18 Å². The van der Waals surface area contributed by atoms with Crippen LogP contribution in [0.25, 0.3) is 11.1 Å². The van der Waals surface area contributed by atoms with Crippen LogP contribution in [0.2, 0.25) is 0 Å². The molecule has 0 saturated carbocycles. The Morgan fingerprint density at radius 2 is 1.80 bits per heavy atom. The molecule has 0 amide bonds. The van der Waals surface area contributed by atoms with Crippen LogP contribution < -0.4 is 4.74 Å². The summed E-state index contributed by atoms with van der Waals surface area (Å²) in [6.45, 7) is 1.81. The largest absolute Gasteiger partial charge is 0.496 e. The maximum Gasteiger partial charge on any atom is 0.417 e. The van der Waals surface area contributed by atoms with E-state index in [9.17, 15) is 13.2 Å². The average Bonchev–Trinajstić information content (AvgIpc) is 2.45. The van der Waals surface area contributed by atoms with Crippen LogP contribution in [0.1, 0.15) is 18.1 Å². The maximum absolute atomic E-state index is 13.2. The lowest BCUT2D eigenvalue weighted by molar-refractivity contribution is -0.137. The fraction of sp³-hybridized carbons (Fsp3) is 0.250. The zero-order valence-corrected chi connectivity index (χ0v) is 11.2. The van der Waals surface area contributed by atoms with Crippen molar-refractivity contribution < 1.29 is 17.9 Å². The van der Waals surface area contributed by atoms with Crippen LogP contribution >= 0.6 is 0 Å². The summed E-state index contributed by atoms with van der Waals surface area (Å²) in [6, 6.07) is 12.1. The first-order valence-corrected chi connectivity index (χ1v) is 6.23. The van der Waals surface area contributed by atoms with E-state index in [-0.39, 0.29) is 5.56 Å². The predicted octanol–water partition coefficient (Wildman–Crippen LogP) is 4.74. The Bertz CT molecular complexity index is 589. The van der Waals surface area contributed by atoms with E-state index in [4.69, 9.17) is 4.74 Å². The first kappa shape index (κ1) is 14.4. The maximum atomic E-state index is 13.2. The molecule has 0 atom stereocenters. The highest BCUT2D eigenvalue weighted by molar-refractivity contribution is 5.74. The zero-order valence-electron chi connectivity index (χ0n) is 11.2. The number of methoxy groups -OCH3 is 1. The molecule has 1 radical (unpaired) electrons. The monoisotopic (exact) mass is 279 g/mol. The molecule has 1 nitrogen and oxygen atoms in total. The van der Waals surface area contributed by atoms with Gasteiger partial charge in [-0.1, -0.05) is 37.3 Å². The average molecular weight is 279 g/mol. The van der Waals surface area contributed by atoms with E-state index in [1.54, 1.807) is 30.3 Å². The van der Waals surface area contributed by atoms with E-state index in [0.717, 1.165) is 0 Å². The van der Waals surface area contributed by atoms with Crippen LogP contribution in [0.15, 0.2) is 36.4 Å². The second-order valence-electron chi connectivity index (χ2n) is 4.30. The molecule has 0 aliphatic heterocycles. The van der Waals surface area contributed by atoms with Crippen molar-refractivity contribution in [1.29, 1.82) is 0 Å². The molecular weight excluding hydrogens is 265 g/mol. The molecule has 105 valence electrons. The van der Waals surface area contributed by atoms with Crippen LogP contribution in [-0.4, -0.2) is 7.11 Å². The molecule has 2 rings (SSSR count). The lowest BCUT2D eigenvalue weighted by Crippen LogP contribution is -2.10. The van der Waals surface area contributed by atoms with E-state index >= 15 is 0 Å². The van der Waals surface area contributed by atoms with Crippen molar-refractivity contribution in [3.63, 3.8) is 0 Å². The Labute approximate surface area is 116 Å². The van der Waals surface area contributed by atoms with Gasteiger partial charge in [0.25, 0.3) is 0 Å². The van der Waals surface area contributed by atoms with Gasteiger partial charge in [0.1, 0.15) is 5.75 Å². The Kier molecular flexibility index (Phi) is 4.02. The Morgan fingerprint density at radius 3 is 2.30 bits per heavy atom. The second-order valence-corrected chi connectivity index (χ2v) is 4.30. The summed E-state index contributed by atoms with van der Waals surface area (Å²) in [5.41, 5.74) is 0.470. The zero-order chi connectivity index (χ0) is 14.8. The number of benzene rings is 2. The number of hydrogen-bond acceptors (Lipinski definition) is 1. The molecule has 0 aromatic heterocycles. The van der Waals surface area contributed by atoms with E-state index in [0.29, 0.717) is 23.3 Å². The van der Waals surface area contributed by atoms with Crippen LogP contribution in [0.3, 0.4) is 0 Å². The molecule has 0 saturated heterocycles. The molecule has 0 heterocycles. The van der Waals surface area contributed by atoms with E-state index in [1.165, 1.54) is 13.2 Å². The molecule has 0 N–H and O–H groups in total. The standard InChI is InChI=1S/C16H14F3O/c1-3-12-14(20-2)10-9-13(16(17,18)19)15(12)11-7-5-4-6-8-11/h4-8,10H,3H2,1-2H3. The summed E-state index contributed by atoms with van der Waals surface area (Å²) in [5, 5.41) is 0. The topological polar surface area (TPSA) is 9.23 Å². The molecule has 0 aliphatic rings. The van der Waals surface area contributed by atoms with E-state index < -0.39 is 11.7 Å². The molecule has 0 unspecified atom stereocenters. The first-order valence-electron chi connectivity index (χ1n) is 6.23. The summed E-state index contributed by atoms with van der Waals surface area (Å²) >= 11 is 0. The number of rotatable bonds is 3. The molecule has 20 heavy (non-hydrogen) atoms. The minimum Gasteiger partial charge on any atom is -0.496 e. The Morgan fingerprint density at radius 1 is 1.15 bits per heavy atom. The van der Waals surface area contributed by atoms with Gasteiger partial charge in [0.2, 0.25) is 0 Å². The minimum absolute atomic E-state index is 0.153. The smallest absolute Gasteiger partial charge is 0.417 e. The third-order valence-corrected chi connectivity index (χ3v) is 3.12. The summed E-state index contributed by atoms with van der Waals surface area (Å²) < 4.78 is 44.8. The van der Waals surface area contributed by atoms with Gasteiger partial charge in [0.15, 0.2) is 0 Å². The van der Waals surface area contributed by atoms with Gasteiger partial charge in [-0.25, -0.2) is 0 Å².